The van der Waals surface area contributed by atoms with Gasteiger partial charge in [-0.2, -0.15) is 0 Å². The highest BCUT2D eigenvalue weighted by Gasteiger charge is 2.21. The fourth-order valence-corrected chi connectivity index (χ4v) is 2.88. The minimum absolute atomic E-state index is 0.0218. The first-order valence-corrected chi connectivity index (χ1v) is 9.05. The third-order valence-corrected chi connectivity index (χ3v) is 4.41. The van der Waals surface area contributed by atoms with E-state index >= 15 is 0 Å². The number of anilines is 1. The molecule has 0 aliphatic carbocycles. The summed E-state index contributed by atoms with van der Waals surface area (Å²) in [4.78, 5) is 38.2. The van der Waals surface area contributed by atoms with E-state index in [1.165, 1.54) is 0 Å². The van der Waals surface area contributed by atoms with Gasteiger partial charge in [-0.3, -0.25) is 15.0 Å². The van der Waals surface area contributed by atoms with Crippen molar-refractivity contribution in [2.24, 2.45) is 12.8 Å². The van der Waals surface area contributed by atoms with Crippen LogP contribution in [0.15, 0.2) is 24.3 Å². The van der Waals surface area contributed by atoms with Gasteiger partial charge in [-0.25, -0.2) is 15.0 Å². The summed E-state index contributed by atoms with van der Waals surface area (Å²) in [6.07, 6.45) is -0.194. The smallest absolute Gasteiger partial charge is 0.305 e. The topological polar surface area (TPSA) is 163 Å². The number of aryl methyl sites for hydroxylation is 1. The molecule has 0 fully saturated rings. The zero-order valence-electron chi connectivity index (χ0n) is 16.8. The molecule has 0 aliphatic rings. The normalized spacial score (nSPS) is 10.8. The first kappa shape index (κ1) is 20.7. The van der Waals surface area contributed by atoms with Gasteiger partial charge in [0.25, 0.3) is 5.91 Å². The Labute approximate surface area is 172 Å². The van der Waals surface area contributed by atoms with Gasteiger partial charge in [-0.15, -0.1) is 0 Å². The minimum Gasteiger partial charge on any atom is -0.481 e. The van der Waals surface area contributed by atoms with Crippen molar-refractivity contribution in [3.8, 4) is 11.4 Å². The first-order valence-electron chi connectivity index (χ1n) is 9.05. The number of aromatic nitrogens is 4. The zero-order valence-corrected chi connectivity index (χ0v) is 16.8. The van der Waals surface area contributed by atoms with Gasteiger partial charge < -0.3 is 25.6 Å². The number of hydrogen-bond acceptors (Lipinski definition) is 7. The number of nitrogens with one attached hydrogen (secondary N) is 2. The average molecular weight is 410 g/mol. The number of rotatable bonds is 7. The largest absolute Gasteiger partial charge is 0.481 e. The zero-order chi connectivity index (χ0) is 22.0. The fourth-order valence-electron chi connectivity index (χ4n) is 2.88. The molecule has 0 bridgehead atoms. The Bertz CT molecular complexity index is 1130. The second-order valence-corrected chi connectivity index (χ2v) is 6.82. The van der Waals surface area contributed by atoms with E-state index in [9.17, 15) is 9.59 Å². The van der Waals surface area contributed by atoms with Crippen molar-refractivity contribution in [3.05, 3.63) is 35.7 Å². The van der Waals surface area contributed by atoms with Crippen LogP contribution in [0.5, 0.6) is 0 Å². The molecule has 0 saturated heterocycles. The second-order valence-electron chi connectivity index (χ2n) is 6.82. The molecule has 1 aromatic carbocycles. The first-order chi connectivity index (χ1) is 14.2. The molecule has 5 N–H and O–H groups in total. The van der Waals surface area contributed by atoms with Crippen LogP contribution in [0.1, 0.15) is 22.6 Å². The van der Waals surface area contributed by atoms with Crippen molar-refractivity contribution in [1.82, 2.24) is 24.8 Å². The summed E-state index contributed by atoms with van der Waals surface area (Å²) in [6.45, 7) is -0.0218. The van der Waals surface area contributed by atoms with Gasteiger partial charge in [0, 0.05) is 38.8 Å². The number of benzene rings is 1. The lowest BCUT2D eigenvalue weighted by Crippen LogP contribution is -2.28. The van der Waals surface area contributed by atoms with Crippen LogP contribution in [0.2, 0.25) is 0 Å². The van der Waals surface area contributed by atoms with E-state index in [4.69, 9.17) is 16.2 Å². The van der Waals surface area contributed by atoms with Crippen molar-refractivity contribution in [1.29, 1.82) is 5.41 Å². The van der Waals surface area contributed by atoms with Gasteiger partial charge in [-0.1, -0.05) is 24.3 Å². The van der Waals surface area contributed by atoms with Crippen LogP contribution in [-0.4, -0.2) is 63.0 Å². The highest BCUT2D eigenvalue weighted by atomic mass is 16.4. The number of amides is 1. The van der Waals surface area contributed by atoms with Crippen molar-refractivity contribution in [2.75, 3.05) is 25.5 Å². The van der Waals surface area contributed by atoms with E-state index in [2.05, 4.69) is 20.3 Å². The summed E-state index contributed by atoms with van der Waals surface area (Å²) >= 11 is 0. The lowest BCUT2D eigenvalue weighted by atomic mass is 10.1. The Balaban J connectivity index is 2.05. The van der Waals surface area contributed by atoms with Gasteiger partial charge in [-0.05, 0) is 0 Å². The molecule has 0 unspecified atom stereocenters. The number of carboxylic acid groups (broad SMARTS) is 1. The molecular formula is C19H22N8O3. The predicted molar refractivity (Wildman–Crippen MR) is 112 cm³/mol. The van der Waals surface area contributed by atoms with E-state index in [1.807, 2.05) is 0 Å². The van der Waals surface area contributed by atoms with Gasteiger partial charge in [0.1, 0.15) is 11.7 Å². The van der Waals surface area contributed by atoms with Crippen LogP contribution in [0.25, 0.3) is 22.6 Å². The van der Waals surface area contributed by atoms with Gasteiger partial charge in [0.15, 0.2) is 17.0 Å². The molecule has 0 atom stereocenters. The maximum Gasteiger partial charge on any atom is 0.305 e. The number of nitrogen functional groups attached to an aromatic ring is 1. The van der Waals surface area contributed by atoms with Crippen LogP contribution in [0, 0.1) is 5.41 Å². The monoisotopic (exact) mass is 410 g/mol. The van der Waals surface area contributed by atoms with E-state index in [-0.39, 0.29) is 24.6 Å². The lowest BCUT2D eigenvalue weighted by Gasteiger charge is -2.13. The number of carbonyl (C=O) groups is 2. The number of nitrogens with two attached hydrogens (primary N) is 1. The summed E-state index contributed by atoms with van der Waals surface area (Å²) in [5.41, 5.74) is 7.89. The summed E-state index contributed by atoms with van der Waals surface area (Å²) in [7, 11) is 5.34. The Hall–Kier alpha value is -4.02. The van der Waals surface area contributed by atoms with Crippen LogP contribution in [0.4, 0.5) is 5.82 Å². The summed E-state index contributed by atoms with van der Waals surface area (Å²) in [5, 5.41) is 18.8. The van der Waals surface area contributed by atoms with Crippen LogP contribution in [0.3, 0.4) is 0 Å². The van der Waals surface area contributed by atoms with E-state index in [0.29, 0.717) is 28.4 Å². The summed E-state index contributed by atoms with van der Waals surface area (Å²) in [6, 6.07) is 7.08. The molecule has 30 heavy (non-hydrogen) atoms. The van der Waals surface area contributed by atoms with E-state index < -0.39 is 11.9 Å². The number of amidine groups is 1. The molecule has 11 heteroatoms. The SMILES string of the molecule is CN(C)c1nc(C(=O)NCCC(=O)O)nc2c1nc(-c1ccc(C(=N)N)cc1)n2C. The Morgan fingerprint density at radius 3 is 2.43 bits per heavy atom. The Morgan fingerprint density at radius 2 is 1.87 bits per heavy atom. The Kier molecular flexibility index (Phi) is 5.63. The van der Waals surface area contributed by atoms with Crippen molar-refractivity contribution < 1.29 is 14.7 Å². The maximum absolute atomic E-state index is 12.4. The number of fused-ring (bicyclic) bond motifs is 1. The maximum atomic E-state index is 12.4. The number of imidazole rings is 1. The molecule has 2 heterocycles. The van der Waals surface area contributed by atoms with Gasteiger partial charge in [0.05, 0.1) is 6.42 Å². The van der Waals surface area contributed by atoms with Crippen molar-refractivity contribution >= 4 is 34.7 Å². The minimum atomic E-state index is -1.01. The van der Waals surface area contributed by atoms with Crippen LogP contribution >= 0.6 is 0 Å². The average Bonchev–Trinajstić information content (AvgIpc) is 3.03. The van der Waals surface area contributed by atoms with Crippen molar-refractivity contribution in [2.45, 2.75) is 6.42 Å². The molecule has 0 radical (unpaired) electrons. The molecule has 3 aromatic rings. The predicted octanol–water partition coefficient (Wildman–Crippen LogP) is 0.585. The fraction of sp³-hybridized carbons (Fsp3) is 0.263. The molecule has 1 amide bonds. The second kappa shape index (κ2) is 8.15. The summed E-state index contributed by atoms with van der Waals surface area (Å²) in [5.74, 6) is -0.585. The number of carbonyl (C=O) groups excluding carboxylic acids is 1. The van der Waals surface area contributed by atoms with Crippen LogP contribution in [-0.2, 0) is 11.8 Å². The molecule has 0 spiro atoms. The van der Waals surface area contributed by atoms with Gasteiger partial charge in [0.2, 0.25) is 5.82 Å². The highest BCUT2D eigenvalue weighted by Crippen LogP contribution is 2.27. The number of nitrogens with zero attached hydrogens (tertiary/aromatic N) is 5. The Morgan fingerprint density at radius 1 is 1.20 bits per heavy atom. The lowest BCUT2D eigenvalue weighted by molar-refractivity contribution is -0.136. The quantitative estimate of drug-likeness (QED) is 0.325. The molecule has 156 valence electrons. The number of hydrogen-bond donors (Lipinski definition) is 4. The van der Waals surface area contributed by atoms with E-state index in [0.717, 1.165) is 5.56 Å². The molecule has 2 aromatic heterocycles. The van der Waals surface area contributed by atoms with E-state index in [1.54, 1.807) is 54.9 Å². The summed E-state index contributed by atoms with van der Waals surface area (Å²) < 4.78 is 1.75. The van der Waals surface area contributed by atoms with Gasteiger partial charge >= 0.3 is 5.97 Å². The molecule has 0 saturated carbocycles. The molecule has 0 aliphatic heterocycles. The standard InChI is InChI=1S/C19H22N8O3/c1-26(2)17-13-18(25-15(24-17)19(30)22-9-8-12(28)29)27(3)16(23-13)11-6-4-10(5-7-11)14(20)21/h4-7H,8-9H2,1-3H3,(H3,20,21)(H,22,30)(H,28,29). The number of aliphatic carboxylic acids is 1. The van der Waals surface area contributed by atoms with Crippen molar-refractivity contribution in [3.63, 3.8) is 0 Å². The van der Waals surface area contributed by atoms with Crippen LogP contribution < -0.4 is 16.0 Å². The molecule has 11 nitrogen and oxygen atoms in total. The third-order valence-electron chi connectivity index (χ3n) is 4.41. The highest BCUT2D eigenvalue weighted by molar-refractivity contribution is 5.96. The molecule has 3 rings (SSSR count). The third kappa shape index (κ3) is 4.04. The molecular weight excluding hydrogens is 388 g/mol. The number of carboxylic acids is 1.